The molecule has 3 rings (SSSR count). The predicted molar refractivity (Wildman–Crippen MR) is 105 cm³/mol. The van der Waals surface area contributed by atoms with E-state index in [-0.39, 0.29) is 5.65 Å². The van der Waals surface area contributed by atoms with E-state index in [1.165, 1.54) is 11.6 Å². The molecule has 2 aromatic heterocycles. The number of anilines is 1. The van der Waals surface area contributed by atoms with Crippen LogP contribution in [0.15, 0.2) is 39.0 Å². The normalized spacial score (nSPS) is 11.6. The number of fused-ring (bicyclic) bond motifs is 1. The number of methoxy groups -OCH3 is 1. The summed E-state index contributed by atoms with van der Waals surface area (Å²) < 4.78 is 9.13. The van der Waals surface area contributed by atoms with Crippen molar-refractivity contribution in [1.82, 2.24) is 18.7 Å². The molecular formula is C17H19ClN6O3. The first-order chi connectivity index (χ1) is 13.0. The summed E-state index contributed by atoms with van der Waals surface area (Å²) in [5.74, 6) is 0.323. The van der Waals surface area contributed by atoms with Crippen molar-refractivity contribution in [2.45, 2.75) is 6.54 Å². The molecule has 3 aromatic rings. The van der Waals surface area contributed by atoms with Gasteiger partial charge in [0.25, 0.3) is 5.56 Å². The van der Waals surface area contributed by atoms with Gasteiger partial charge in [-0.15, -0.1) is 0 Å². The average molecular weight is 391 g/mol. The smallest absolute Gasteiger partial charge is 0.332 e. The van der Waals surface area contributed by atoms with Crippen molar-refractivity contribution < 1.29 is 4.74 Å². The summed E-state index contributed by atoms with van der Waals surface area (Å²) in [7, 11) is 4.56. The lowest BCUT2D eigenvalue weighted by Gasteiger charge is -2.08. The number of hydrogen-bond acceptors (Lipinski definition) is 6. The zero-order valence-electron chi connectivity index (χ0n) is 15.1. The Bertz CT molecular complexity index is 1130. The van der Waals surface area contributed by atoms with Crippen LogP contribution in [0, 0.1) is 0 Å². The zero-order valence-corrected chi connectivity index (χ0v) is 15.9. The van der Waals surface area contributed by atoms with Gasteiger partial charge in [-0.05, 0) is 6.07 Å². The Morgan fingerprint density at radius 2 is 2.00 bits per heavy atom. The highest BCUT2D eigenvalue weighted by Gasteiger charge is 2.18. The van der Waals surface area contributed by atoms with Crippen molar-refractivity contribution in [1.29, 1.82) is 0 Å². The molecule has 0 unspecified atom stereocenters. The Morgan fingerprint density at radius 3 is 2.70 bits per heavy atom. The summed E-state index contributed by atoms with van der Waals surface area (Å²) >= 11 is 6.11. The summed E-state index contributed by atoms with van der Waals surface area (Å²) in [5.41, 5.74) is 3.25. The Kier molecular flexibility index (Phi) is 5.43. The van der Waals surface area contributed by atoms with E-state index in [1.54, 1.807) is 31.0 Å². The summed E-state index contributed by atoms with van der Waals surface area (Å²) in [4.78, 5) is 29.1. The van der Waals surface area contributed by atoms with Crippen molar-refractivity contribution in [2.24, 2.45) is 19.2 Å². The second kappa shape index (κ2) is 7.77. The van der Waals surface area contributed by atoms with E-state index >= 15 is 0 Å². The first kappa shape index (κ1) is 18.9. The molecule has 27 heavy (non-hydrogen) atoms. The van der Waals surface area contributed by atoms with Crippen LogP contribution in [-0.2, 0) is 25.4 Å². The second-order valence-electron chi connectivity index (χ2n) is 5.85. The van der Waals surface area contributed by atoms with Gasteiger partial charge in [0.1, 0.15) is 0 Å². The fourth-order valence-corrected chi connectivity index (χ4v) is 2.86. The van der Waals surface area contributed by atoms with Crippen molar-refractivity contribution in [3.63, 3.8) is 0 Å². The van der Waals surface area contributed by atoms with Gasteiger partial charge in [0.05, 0.1) is 12.8 Å². The minimum absolute atomic E-state index is 0.273. The van der Waals surface area contributed by atoms with E-state index in [4.69, 9.17) is 16.3 Å². The van der Waals surface area contributed by atoms with Crippen molar-refractivity contribution in [3.05, 3.63) is 55.7 Å². The van der Waals surface area contributed by atoms with Crippen LogP contribution in [0.1, 0.15) is 5.56 Å². The maximum absolute atomic E-state index is 12.6. The number of nitrogens with one attached hydrogen (secondary N) is 1. The number of nitrogens with zero attached hydrogens (tertiary/aromatic N) is 5. The van der Waals surface area contributed by atoms with E-state index in [0.717, 1.165) is 10.1 Å². The van der Waals surface area contributed by atoms with E-state index in [9.17, 15) is 9.59 Å². The molecular weight excluding hydrogens is 372 g/mol. The zero-order chi connectivity index (χ0) is 19.6. The lowest BCUT2D eigenvalue weighted by atomic mass is 10.2. The minimum atomic E-state index is -0.449. The number of imidazole rings is 1. The van der Waals surface area contributed by atoms with E-state index in [0.29, 0.717) is 29.6 Å². The number of rotatable bonds is 6. The number of aromatic nitrogens is 4. The van der Waals surface area contributed by atoms with E-state index < -0.39 is 11.2 Å². The number of benzene rings is 1. The number of hydrogen-bond donors (Lipinski definition) is 1. The third-order valence-electron chi connectivity index (χ3n) is 4.14. The monoisotopic (exact) mass is 390 g/mol. The van der Waals surface area contributed by atoms with Gasteiger partial charge in [0.2, 0.25) is 5.95 Å². The molecule has 10 heteroatoms. The third kappa shape index (κ3) is 3.51. The van der Waals surface area contributed by atoms with Crippen LogP contribution in [0.4, 0.5) is 5.95 Å². The molecule has 0 atom stereocenters. The maximum atomic E-state index is 12.6. The Morgan fingerprint density at radius 1 is 1.26 bits per heavy atom. The lowest BCUT2D eigenvalue weighted by Crippen LogP contribution is -2.37. The van der Waals surface area contributed by atoms with Crippen molar-refractivity contribution in [2.75, 3.05) is 19.1 Å². The number of hydrazone groups is 1. The van der Waals surface area contributed by atoms with Crippen LogP contribution < -0.4 is 16.7 Å². The van der Waals surface area contributed by atoms with Crippen LogP contribution in [0.3, 0.4) is 0 Å². The summed E-state index contributed by atoms with van der Waals surface area (Å²) in [5, 5.41) is 4.72. The Labute approximate surface area is 159 Å². The van der Waals surface area contributed by atoms with E-state index in [1.807, 2.05) is 18.2 Å². The van der Waals surface area contributed by atoms with Gasteiger partial charge < -0.3 is 9.30 Å². The lowest BCUT2D eigenvalue weighted by molar-refractivity contribution is 0.188. The first-order valence-electron chi connectivity index (χ1n) is 8.14. The SMILES string of the molecule is COCCn1c(NN=Cc2ccccc2Cl)nc2c1c(=O)n(C)c(=O)n2C. The molecule has 0 aliphatic rings. The second-order valence-corrected chi connectivity index (χ2v) is 6.26. The molecule has 0 aliphatic carbocycles. The van der Waals surface area contributed by atoms with Gasteiger partial charge >= 0.3 is 5.69 Å². The highest BCUT2D eigenvalue weighted by atomic mass is 35.5. The molecule has 0 spiro atoms. The van der Waals surface area contributed by atoms with Gasteiger partial charge in [-0.1, -0.05) is 29.8 Å². The van der Waals surface area contributed by atoms with Crippen LogP contribution in [0.5, 0.6) is 0 Å². The molecule has 1 aromatic carbocycles. The number of aryl methyl sites for hydroxylation is 1. The summed E-state index contributed by atoms with van der Waals surface area (Å²) in [6.07, 6.45) is 1.56. The van der Waals surface area contributed by atoms with Crippen LogP contribution >= 0.6 is 11.6 Å². The molecule has 0 bridgehead atoms. The molecule has 0 saturated heterocycles. The average Bonchev–Trinajstić information content (AvgIpc) is 3.03. The van der Waals surface area contributed by atoms with Crippen LogP contribution in [0.25, 0.3) is 11.2 Å². The fraction of sp³-hybridized carbons (Fsp3) is 0.294. The molecule has 0 amide bonds. The highest BCUT2D eigenvalue weighted by molar-refractivity contribution is 6.33. The van der Waals surface area contributed by atoms with Crippen molar-refractivity contribution in [3.8, 4) is 0 Å². The molecule has 142 valence electrons. The highest BCUT2D eigenvalue weighted by Crippen LogP contribution is 2.16. The summed E-state index contributed by atoms with van der Waals surface area (Å²) in [6.45, 7) is 0.727. The molecule has 9 nitrogen and oxygen atoms in total. The van der Waals surface area contributed by atoms with Crippen LogP contribution in [0.2, 0.25) is 5.02 Å². The van der Waals surface area contributed by atoms with Gasteiger partial charge in [-0.25, -0.2) is 10.2 Å². The molecule has 0 fully saturated rings. The first-order valence-corrected chi connectivity index (χ1v) is 8.52. The third-order valence-corrected chi connectivity index (χ3v) is 4.48. The van der Waals surface area contributed by atoms with Crippen molar-refractivity contribution >= 4 is 34.9 Å². The Hall–Kier alpha value is -2.91. The largest absolute Gasteiger partial charge is 0.383 e. The fourth-order valence-electron chi connectivity index (χ4n) is 2.67. The Balaban J connectivity index is 2.08. The quantitative estimate of drug-likeness (QED) is 0.503. The van der Waals surface area contributed by atoms with Gasteiger partial charge in [-0.3, -0.25) is 13.9 Å². The van der Waals surface area contributed by atoms with E-state index in [2.05, 4.69) is 15.5 Å². The molecule has 0 aliphatic heterocycles. The van der Waals surface area contributed by atoms with Crippen LogP contribution in [-0.4, -0.2) is 38.6 Å². The van der Waals surface area contributed by atoms with Gasteiger partial charge in [0, 0.05) is 38.3 Å². The topological polar surface area (TPSA) is 95.4 Å². The molecule has 1 N–H and O–H groups in total. The molecule has 2 heterocycles. The van der Waals surface area contributed by atoms with Gasteiger partial charge in [-0.2, -0.15) is 10.1 Å². The number of halogens is 1. The maximum Gasteiger partial charge on any atom is 0.332 e. The predicted octanol–water partition coefficient (Wildman–Crippen LogP) is 1.18. The standard InChI is InChI=1S/C17H19ClN6O3/c1-22-14-13(15(25)23(2)17(22)26)24(8-9-27-3)16(20-14)21-19-10-11-6-4-5-7-12(11)18/h4-7,10H,8-9H2,1-3H3,(H,20,21). The molecule has 0 radical (unpaired) electrons. The molecule has 0 saturated carbocycles. The summed E-state index contributed by atoms with van der Waals surface area (Å²) in [6, 6.07) is 7.26. The number of ether oxygens (including phenoxy) is 1. The minimum Gasteiger partial charge on any atom is -0.383 e. The van der Waals surface area contributed by atoms with Gasteiger partial charge in [0.15, 0.2) is 11.2 Å².